The molecule has 0 saturated heterocycles. The summed E-state index contributed by atoms with van der Waals surface area (Å²) in [4.78, 5) is 24.5. The van der Waals surface area contributed by atoms with E-state index in [1.54, 1.807) is 18.3 Å². The average molecular weight is 569 g/mol. The predicted molar refractivity (Wildman–Crippen MR) is 161 cm³/mol. The van der Waals surface area contributed by atoms with Crippen molar-refractivity contribution in [3.05, 3.63) is 53.8 Å². The maximum atomic E-state index is 12.9. The van der Waals surface area contributed by atoms with Gasteiger partial charge in [-0.15, -0.1) is 11.3 Å². The molecule has 4 heterocycles. The van der Waals surface area contributed by atoms with E-state index in [1.807, 2.05) is 17.8 Å². The average Bonchev–Trinajstić information content (AvgIpc) is 3.59. The minimum atomic E-state index is -2.49. The molecule has 7 nitrogen and oxygen atoms in total. The first-order chi connectivity index (χ1) is 19.4. The minimum absolute atomic E-state index is 0.0143. The molecule has 1 aliphatic rings. The number of aromatic amines is 1. The fourth-order valence-corrected chi connectivity index (χ4v) is 5.47. The highest BCUT2D eigenvalue weighted by atomic mass is 32.1. The van der Waals surface area contributed by atoms with Gasteiger partial charge in [0.2, 0.25) is 12.3 Å². The van der Waals surface area contributed by atoms with Crippen LogP contribution in [0.1, 0.15) is 57.6 Å². The van der Waals surface area contributed by atoms with Gasteiger partial charge >= 0.3 is 0 Å². The Hall–Kier alpha value is -3.37. The number of anilines is 2. The van der Waals surface area contributed by atoms with Crippen molar-refractivity contribution in [3.8, 4) is 0 Å². The fraction of sp³-hybridized carbons (Fsp3) is 0.433. The summed E-state index contributed by atoms with van der Waals surface area (Å²) in [5.74, 6) is -2.49. The number of unbranched alkanes of at least 4 members (excludes halogenated alkanes) is 2. The van der Waals surface area contributed by atoms with Crippen LogP contribution in [0, 0.1) is 0 Å². The maximum Gasteiger partial charge on any atom is 0.248 e. The Morgan fingerprint density at radius 3 is 2.80 bits per heavy atom. The molecule has 5 rings (SSSR count). The first-order valence-electron chi connectivity index (χ1n) is 13.9. The summed E-state index contributed by atoms with van der Waals surface area (Å²) < 4.78 is 27.0. The second kappa shape index (κ2) is 14.3. The van der Waals surface area contributed by atoms with E-state index in [0.717, 1.165) is 60.3 Å². The van der Waals surface area contributed by atoms with Gasteiger partial charge in [0.15, 0.2) is 0 Å². The van der Waals surface area contributed by atoms with Gasteiger partial charge in [0.25, 0.3) is 0 Å². The van der Waals surface area contributed by atoms with Crippen molar-refractivity contribution < 1.29 is 13.6 Å². The zero-order valence-electron chi connectivity index (χ0n) is 23.2. The molecule has 0 saturated carbocycles. The van der Waals surface area contributed by atoms with E-state index in [4.69, 9.17) is 0 Å². The van der Waals surface area contributed by atoms with Crippen LogP contribution in [0.4, 0.5) is 20.2 Å². The van der Waals surface area contributed by atoms with Gasteiger partial charge in [-0.2, -0.15) is 0 Å². The molecule has 0 fully saturated rings. The van der Waals surface area contributed by atoms with E-state index < -0.39 is 5.92 Å². The van der Waals surface area contributed by atoms with Crippen LogP contribution >= 0.6 is 11.3 Å². The summed E-state index contributed by atoms with van der Waals surface area (Å²) in [5.41, 5.74) is 8.52. The highest BCUT2D eigenvalue weighted by molar-refractivity contribution is 7.16. The summed E-state index contributed by atoms with van der Waals surface area (Å²) in [5, 5.41) is 7.16. The summed E-state index contributed by atoms with van der Waals surface area (Å²) in [6.07, 6.45) is 8.40. The van der Waals surface area contributed by atoms with Crippen LogP contribution in [0.25, 0.3) is 26.8 Å². The Balaban J connectivity index is 0.000000227. The third-order valence-electron chi connectivity index (χ3n) is 6.96. The lowest BCUT2D eigenvalue weighted by Gasteiger charge is -2.21. The number of benzene rings is 1. The van der Waals surface area contributed by atoms with Crippen LogP contribution in [-0.4, -0.2) is 58.9 Å². The van der Waals surface area contributed by atoms with Crippen molar-refractivity contribution >= 4 is 55.9 Å². The molecule has 10 heteroatoms. The lowest BCUT2D eigenvalue weighted by Crippen LogP contribution is -2.23. The number of hydrogen-bond acceptors (Lipinski definition) is 6. The number of amides is 1. The second-order valence-electron chi connectivity index (χ2n) is 10.2. The summed E-state index contributed by atoms with van der Waals surface area (Å²) in [6, 6.07) is 10.5. The first-order valence-corrected chi connectivity index (χ1v) is 14.8. The Bertz CT molecular complexity index is 1420. The number of hydrogen-bond donors (Lipinski definition) is 3. The van der Waals surface area contributed by atoms with Crippen LogP contribution in [-0.2, 0) is 4.79 Å². The van der Waals surface area contributed by atoms with Crippen molar-refractivity contribution in [2.45, 2.75) is 57.8 Å². The van der Waals surface area contributed by atoms with Crippen molar-refractivity contribution in [2.75, 3.05) is 32.0 Å². The number of likely N-dealkylation sites (N-methyl/N-ethyl adjacent to an activating group) is 1. The van der Waals surface area contributed by atoms with Gasteiger partial charge < -0.3 is 20.5 Å². The Labute approximate surface area is 238 Å². The van der Waals surface area contributed by atoms with Gasteiger partial charge in [0, 0.05) is 55.4 Å². The zero-order valence-corrected chi connectivity index (χ0v) is 24.0. The first kappa shape index (κ1) is 29.6. The lowest BCUT2D eigenvalue weighted by molar-refractivity contribution is -0.109. The molecule has 0 spiro atoms. The third kappa shape index (κ3) is 8.32. The molecule has 1 aromatic carbocycles. The van der Waals surface area contributed by atoms with E-state index in [9.17, 15) is 13.6 Å². The number of nitrogens with zero attached hydrogens (tertiary/aromatic N) is 3. The van der Waals surface area contributed by atoms with Crippen LogP contribution in [0.5, 0.6) is 0 Å². The molecule has 1 amide bonds. The number of carbonyl (C=O) groups is 1. The normalized spacial score (nSPS) is 14.1. The van der Waals surface area contributed by atoms with Crippen molar-refractivity contribution in [1.82, 2.24) is 25.2 Å². The van der Waals surface area contributed by atoms with E-state index >= 15 is 0 Å². The number of pyridine rings is 1. The number of aromatic nitrogens is 3. The smallest absolute Gasteiger partial charge is 0.248 e. The number of thiazole rings is 1. The number of nitrogens with one attached hydrogen (secondary N) is 3. The van der Waals surface area contributed by atoms with E-state index in [1.165, 1.54) is 16.0 Å². The van der Waals surface area contributed by atoms with E-state index in [-0.39, 0.29) is 12.8 Å². The fourth-order valence-electron chi connectivity index (χ4n) is 4.75. The van der Waals surface area contributed by atoms with Crippen LogP contribution in [0.2, 0.25) is 0 Å². The molecule has 1 aliphatic heterocycles. The topological polar surface area (TPSA) is 85.9 Å². The van der Waals surface area contributed by atoms with Gasteiger partial charge in [0.05, 0.1) is 21.4 Å². The zero-order chi connectivity index (χ0) is 28.4. The molecule has 214 valence electrons. The van der Waals surface area contributed by atoms with E-state index in [2.05, 4.69) is 67.9 Å². The number of carbonyl (C=O) groups excluding carboxylic acids is 1. The van der Waals surface area contributed by atoms with E-state index in [0.29, 0.717) is 25.8 Å². The SMILES string of the molecule is CCCC(F)(F)CCCCCNC=O.CN1CC=C(c2cc3c(Nc4ccc5ncsc5c4)ccnc3[nH]2)CC1. The maximum absolute atomic E-state index is 12.9. The van der Waals surface area contributed by atoms with Crippen LogP contribution < -0.4 is 10.6 Å². The van der Waals surface area contributed by atoms with Crippen molar-refractivity contribution in [3.63, 3.8) is 0 Å². The van der Waals surface area contributed by atoms with Gasteiger partial charge in [-0.1, -0.05) is 25.8 Å². The van der Waals surface area contributed by atoms with Crippen molar-refractivity contribution in [1.29, 1.82) is 0 Å². The molecule has 4 aromatic rings. The summed E-state index contributed by atoms with van der Waals surface area (Å²) in [7, 11) is 2.15. The minimum Gasteiger partial charge on any atom is -0.359 e. The standard InChI is InChI=1S/C20H19N5S.C10H19F2NO/c1-25-8-5-13(6-9-25)18-11-15-16(4-7-21-20(15)24-18)23-14-2-3-17-19(10-14)26-12-22-17;1-2-6-10(11,12)7-4-3-5-8-13-9-14/h2-5,7,10-12H,6,8-9H2,1H3,(H2,21,23,24);9H,2-8H2,1H3,(H,13,14). The number of halogens is 2. The molecular formula is C30H38F2N6OS. The molecule has 0 bridgehead atoms. The number of alkyl halides is 2. The Kier molecular flexibility index (Phi) is 10.6. The highest BCUT2D eigenvalue weighted by Crippen LogP contribution is 2.31. The molecule has 3 N–H and O–H groups in total. The van der Waals surface area contributed by atoms with Gasteiger partial charge in [-0.05, 0) is 62.2 Å². The van der Waals surface area contributed by atoms with Gasteiger partial charge in [-0.3, -0.25) is 4.79 Å². The molecule has 40 heavy (non-hydrogen) atoms. The quantitative estimate of drug-likeness (QED) is 0.123. The third-order valence-corrected chi connectivity index (χ3v) is 7.75. The molecule has 3 aromatic heterocycles. The summed E-state index contributed by atoms with van der Waals surface area (Å²) in [6.45, 7) is 4.44. The Morgan fingerprint density at radius 1 is 1.15 bits per heavy atom. The highest BCUT2D eigenvalue weighted by Gasteiger charge is 2.26. The Morgan fingerprint density at radius 2 is 2.02 bits per heavy atom. The number of fused-ring (bicyclic) bond motifs is 2. The summed E-state index contributed by atoms with van der Waals surface area (Å²) >= 11 is 1.66. The lowest BCUT2D eigenvalue weighted by atomic mass is 10.1. The predicted octanol–water partition coefficient (Wildman–Crippen LogP) is 7.36. The largest absolute Gasteiger partial charge is 0.359 e. The van der Waals surface area contributed by atoms with Gasteiger partial charge in [-0.25, -0.2) is 18.7 Å². The number of rotatable bonds is 12. The van der Waals surface area contributed by atoms with Crippen molar-refractivity contribution in [2.24, 2.45) is 0 Å². The molecule has 0 aliphatic carbocycles. The molecule has 0 radical (unpaired) electrons. The monoisotopic (exact) mass is 568 g/mol. The number of H-pyrrole nitrogens is 1. The second-order valence-corrected chi connectivity index (χ2v) is 11.1. The van der Waals surface area contributed by atoms with Crippen LogP contribution in [0.3, 0.4) is 0 Å². The molecular weight excluding hydrogens is 530 g/mol. The van der Waals surface area contributed by atoms with Gasteiger partial charge in [0.1, 0.15) is 5.65 Å². The molecule has 0 atom stereocenters. The van der Waals surface area contributed by atoms with Crippen LogP contribution in [0.15, 0.2) is 48.1 Å². The molecule has 0 unspecified atom stereocenters.